The third-order valence-electron chi connectivity index (χ3n) is 8.25. The molecule has 2 aliphatic rings. The number of rotatable bonds is 5. The van der Waals surface area contributed by atoms with Crippen molar-refractivity contribution in [2.75, 3.05) is 29.9 Å². The van der Waals surface area contributed by atoms with E-state index in [0.29, 0.717) is 24.6 Å². The predicted octanol–water partition coefficient (Wildman–Crippen LogP) is 6.66. The van der Waals surface area contributed by atoms with Crippen molar-refractivity contribution in [3.8, 4) is 0 Å². The first-order chi connectivity index (χ1) is 21.4. The van der Waals surface area contributed by atoms with Crippen LogP contribution in [0.25, 0.3) is 5.65 Å². The summed E-state index contributed by atoms with van der Waals surface area (Å²) in [5, 5.41) is 7.12. The van der Waals surface area contributed by atoms with E-state index < -0.39 is 35.4 Å². The van der Waals surface area contributed by atoms with Crippen molar-refractivity contribution in [2.24, 2.45) is 0 Å². The fraction of sp³-hybridized carbons (Fsp3) is 0.394. The van der Waals surface area contributed by atoms with Crippen LogP contribution in [-0.4, -0.2) is 62.9 Å². The number of halogens is 3. The molecule has 2 aromatic heterocycles. The lowest BCUT2D eigenvalue weighted by molar-refractivity contribution is 0.0204. The first kappa shape index (κ1) is 30.4. The van der Waals surface area contributed by atoms with Crippen molar-refractivity contribution in [1.29, 1.82) is 0 Å². The Morgan fingerprint density at radius 2 is 1.76 bits per heavy atom. The first-order valence-corrected chi connectivity index (χ1v) is 15.0. The van der Waals surface area contributed by atoms with Crippen LogP contribution in [0.4, 0.5) is 29.5 Å². The average molecular weight is 621 g/mol. The van der Waals surface area contributed by atoms with E-state index in [1.165, 1.54) is 10.7 Å². The molecule has 2 atom stereocenters. The number of amides is 2. The Bertz CT molecular complexity index is 1710. The summed E-state index contributed by atoms with van der Waals surface area (Å²) >= 11 is 0. The molecule has 2 amide bonds. The van der Waals surface area contributed by atoms with Gasteiger partial charge in [-0.1, -0.05) is 12.1 Å². The molecule has 1 N–H and O–H groups in total. The number of hydrogen-bond donors (Lipinski definition) is 1. The lowest BCUT2D eigenvalue weighted by atomic mass is 9.89. The number of aromatic nitrogens is 3. The summed E-state index contributed by atoms with van der Waals surface area (Å²) in [5.74, 6) is -1.04. The molecule has 4 heterocycles. The fourth-order valence-electron chi connectivity index (χ4n) is 6.04. The summed E-state index contributed by atoms with van der Waals surface area (Å²) in [6.07, 6.45) is 3.06. The number of alkyl halides is 1. The van der Waals surface area contributed by atoms with Gasteiger partial charge in [0.2, 0.25) is 0 Å². The van der Waals surface area contributed by atoms with Crippen LogP contribution < -0.4 is 10.2 Å². The van der Waals surface area contributed by atoms with E-state index in [1.54, 1.807) is 22.1 Å². The first-order valence-electron chi connectivity index (χ1n) is 15.0. The Morgan fingerprint density at radius 3 is 2.47 bits per heavy atom. The van der Waals surface area contributed by atoms with Crippen LogP contribution in [0.2, 0.25) is 0 Å². The average Bonchev–Trinajstić information content (AvgIpc) is 3.61. The maximum atomic E-state index is 14.6. The van der Waals surface area contributed by atoms with Gasteiger partial charge in [0.25, 0.3) is 5.91 Å². The van der Waals surface area contributed by atoms with Gasteiger partial charge in [0.05, 0.1) is 18.8 Å². The zero-order valence-electron chi connectivity index (χ0n) is 25.3. The third kappa shape index (κ3) is 6.59. The highest BCUT2D eigenvalue weighted by Crippen LogP contribution is 2.38. The minimum Gasteiger partial charge on any atom is -0.444 e. The maximum Gasteiger partial charge on any atom is 0.410 e. The molecule has 9 nitrogen and oxygen atoms in total. The molecule has 2 fully saturated rings. The van der Waals surface area contributed by atoms with Gasteiger partial charge in [0.15, 0.2) is 5.65 Å². The molecule has 2 aromatic carbocycles. The van der Waals surface area contributed by atoms with Gasteiger partial charge in [-0.3, -0.25) is 4.79 Å². The number of fused-ring (bicyclic) bond motifs is 1. The van der Waals surface area contributed by atoms with Gasteiger partial charge in [0, 0.05) is 37.0 Å². The van der Waals surface area contributed by atoms with Gasteiger partial charge < -0.3 is 19.9 Å². The normalized spacial score (nSPS) is 19.2. The van der Waals surface area contributed by atoms with E-state index in [1.807, 2.05) is 45.0 Å². The molecule has 0 unspecified atom stereocenters. The van der Waals surface area contributed by atoms with Crippen LogP contribution in [0.1, 0.15) is 73.5 Å². The predicted molar refractivity (Wildman–Crippen MR) is 163 cm³/mol. The van der Waals surface area contributed by atoms with Gasteiger partial charge in [-0.15, -0.1) is 0 Å². The maximum absolute atomic E-state index is 14.6. The number of nitrogens with one attached hydrogen (secondary N) is 1. The zero-order valence-corrected chi connectivity index (χ0v) is 25.3. The molecule has 0 aliphatic carbocycles. The van der Waals surface area contributed by atoms with Crippen LogP contribution >= 0.6 is 0 Å². The van der Waals surface area contributed by atoms with Gasteiger partial charge in [-0.05, 0) is 81.5 Å². The van der Waals surface area contributed by atoms with E-state index >= 15 is 0 Å². The molecule has 0 bridgehead atoms. The molecule has 236 valence electrons. The molecule has 4 aromatic rings. The molecule has 2 aliphatic heterocycles. The summed E-state index contributed by atoms with van der Waals surface area (Å²) in [5.41, 5.74) is 1.70. The second-order valence-electron chi connectivity index (χ2n) is 12.6. The van der Waals surface area contributed by atoms with E-state index in [-0.39, 0.29) is 41.8 Å². The smallest absolute Gasteiger partial charge is 0.410 e. The van der Waals surface area contributed by atoms with E-state index in [4.69, 9.17) is 4.74 Å². The number of ether oxygens (including phenoxy) is 1. The standard InChI is InChI=1S/C33H35F3N6O3/c1-33(2,3)45-32(44)40-13-10-21(11-14-40)20-4-7-24(8-5-20)38-31(43)26-18-37-42-15-12-29(39-30(26)42)41-19-23(35)17-28(41)25-16-22(34)6-9-27(25)36/h4-9,12,15-16,18,21,23,28H,10-11,13-14,17,19H2,1-3H3,(H,38,43)/t23-,28+/m0/s1. The Labute approximate surface area is 259 Å². The van der Waals surface area contributed by atoms with Gasteiger partial charge in [-0.25, -0.2) is 27.5 Å². The van der Waals surface area contributed by atoms with Gasteiger partial charge in [-0.2, -0.15) is 5.10 Å². The molecule has 0 spiro atoms. The molecule has 12 heteroatoms. The summed E-state index contributed by atoms with van der Waals surface area (Å²) in [4.78, 5) is 33.6. The second kappa shape index (κ2) is 12.1. The van der Waals surface area contributed by atoms with Crippen molar-refractivity contribution in [2.45, 2.75) is 63.8 Å². The SMILES string of the molecule is CC(C)(C)OC(=O)N1CCC(c2ccc(NC(=O)c3cnn4ccc(N5C[C@@H](F)C[C@@H]5c5cc(F)ccc5F)nc34)cc2)CC1. The lowest BCUT2D eigenvalue weighted by Crippen LogP contribution is -2.41. The zero-order chi connectivity index (χ0) is 31.9. The Hall–Kier alpha value is -4.61. The molecular formula is C33H35F3N6O3. The van der Waals surface area contributed by atoms with Crippen LogP contribution in [0, 0.1) is 11.6 Å². The number of carbonyl (C=O) groups is 2. The number of benzene rings is 2. The number of anilines is 2. The molecule has 45 heavy (non-hydrogen) atoms. The summed E-state index contributed by atoms with van der Waals surface area (Å²) in [7, 11) is 0. The van der Waals surface area contributed by atoms with E-state index in [2.05, 4.69) is 15.4 Å². The molecule has 0 radical (unpaired) electrons. The molecule has 0 saturated carbocycles. The van der Waals surface area contributed by atoms with Crippen LogP contribution in [0.15, 0.2) is 60.9 Å². The Kier molecular flexibility index (Phi) is 8.15. The number of hydrogen-bond acceptors (Lipinski definition) is 6. The summed E-state index contributed by atoms with van der Waals surface area (Å²) in [6.45, 7) is 6.74. The van der Waals surface area contributed by atoms with Gasteiger partial charge in [0.1, 0.15) is 34.8 Å². The minimum atomic E-state index is -1.26. The van der Waals surface area contributed by atoms with Crippen molar-refractivity contribution < 1.29 is 27.5 Å². The summed E-state index contributed by atoms with van der Waals surface area (Å²) < 4.78 is 50.1. The summed E-state index contributed by atoms with van der Waals surface area (Å²) in [6, 6.07) is 11.6. The molecular weight excluding hydrogens is 585 g/mol. The molecule has 6 rings (SSSR count). The number of likely N-dealkylation sites (tertiary alicyclic amines) is 1. The monoisotopic (exact) mass is 620 g/mol. The fourth-order valence-corrected chi connectivity index (χ4v) is 6.04. The highest BCUT2D eigenvalue weighted by atomic mass is 19.1. The minimum absolute atomic E-state index is 0.0152. The quantitative estimate of drug-likeness (QED) is 0.268. The topological polar surface area (TPSA) is 92.1 Å². The largest absolute Gasteiger partial charge is 0.444 e. The van der Waals surface area contributed by atoms with Crippen LogP contribution in [0.5, 0.6) is 0 Å². The van der Waals surface area contributed by atoms with Crippen molar-refractivity contribution in [3.63, 3.8) is 0 Å². The highest BCUT2D eigenvalue weighted by molar-refractivity contribution is 6.08. The highest BCUT2D eigenvalue weighted by Gasteiger charge is 2.36. The van der Waals surface area contributed by atoms with E-state index in [0.717, 1.165) is 36.6 Å². The third-order valence-corrected chi connectivity index (χ3v) is 8.25. The van der Waals surface area contributed by atoms with E-state index in [9.17, 15) is 22.8 Å². The van der Waals surface area contributed by atoms with Crippen molar-refractivity contribution in [3.05, 3.63) is 89.2 Å². The van der Waals surface area contributed by atoms with Gasteiger partial charge >= 0.3 is 6.09 Å². The number of nitrogens with zero attached hydrogens (tertiary/aromatic N) is 5. The Morgan fingerprint density at radius 1 is 1.02 bits per heavy atom. The Balaban J connectivity index is 1.14. The second-order valence-corrected chi connectivity index (χ2v) is 12.6. The number of carbonyl (C=O) groups excluding carboxylic acids is 2. The van der Waals surface area contributed by atoms with Crippen LogP contribution in [-0.2, 0) is 4.74 Å². The van der Waals surface area contributed by atoms with Crippen molar-refractivity contribution >= 4 is 29.2 Å². The lowest BCUT2D eigenvalue weighted by Gasteiger charge is -2.33. The van der Waals surface area contributed by atoms with Crippen molar-refractivity contribution in [1.82, 2.24) is 19.5 Å². The molecule has 2 saturated heterocycles. The number of piperidine rings is 1. The van der Waals surface area contributed by atoms with Crippen LogP contribution in [0.3, 0.4) is 0 Å².